The molecule has 4 rings (SSSR count). The Morgan fingerprint density at radius 2 is 2.29 bits per heavy atom. The lowest BCUT2D eigenvalue weighted by molar-refractivity contribution is 0.121. The van der Waals surface area contributed by atoms with Crippen LogP contribution < -0.4 is 0 Å². The van der Waals surface area contributed by atoms with Gasteiger partial charge in [-0.25, -0.2) is 4.98 Å². The van der Waals surface area contributed by atoms with Gasteiger partial charge in [0.1, 0.15) is 0 Å². The van der Waals surface area contributed by atoms with E-state index in [-0.39, 0.29) is 0 Å². The van der Waals surface area contributed by atoms with Crippen LogP contribution in [0.3, 0.4) is 0 Å². The van der Waals surface area contributed by atoms with E-state index in [2.05, 4.69) is 42.8 Å². The van der Waals surface area contributed by atoms with Gasteiger partial charge in [-0.2, -0.15) is 5.10 Å². The minimum absolute atomic E-state index is 0.505. The molecule has 2 aromatic heterocycles. The molecule has 0 saturated carbocycles. The number of aromatic amines is 1. The molecule has 1 aliphatic heterocycles. The predicted molar refractivity (Wildman–Crippen MR) is 92.6 cm³/mol. The molecule has 1 saturated heterocycles. The molecule has 1 aromatic carbocycles. The zero-order valence-electron chi connectivity index (χ0n) is 14.0. The number of H-pyrrole nitrogens is 1. The molecule has 0 unspecified atom stereocenters. The summed E-state index contributed by atoms with van der Waals surface area (Å²) < 4.78 is 7.94. The summed E-state index contributed by atoms with van der Waals surface area (Å²) in [7, 11) is 2.05. The van der Waals surface area contributed by atoms with Gasteiger partial charge in [0.05, 0.1) is 36.9 Å². The first-order valence-electron chi connectivity index (χ1n) is 8.45. The van der Waals surface area contributed by atoms with Crippen molar-refractivity contribution >= 4 is 10.9 Å². The number of fused-ring (bicyclic) bond motifs is 1. The third kappa shape index (κ3) is 3.34. The highest BCUT2D eigenvalue weighted by molar-refractivity contribution is 5.78. The molecule has 24 heavy (non-hydrogen) atoms. The van der Waals surface area contributed by atoms with Gasteiger partial charge in [-0.1, -0.05) is 6.07 Å². The van der Waals surface area contributed by atoms with E-state index in [1.165, 1.54) is 16.6 Å². The first kappa shape index (κ1) is 15.4. The van der Waals surface area contributed by atoms with Gasteiger partial charge in [-0.15, -0.1) is 0 Å². The van der Waals surface area contributed by atoms with Crippen LogP contribution in [0.15, 0.2) is 36.9 Å². The highest BCUT2D eigenvalue weighted by Crippen LogP contribution is 2.19. The van der Waals surface area contributed by atoms with Crippen molar-refractivity contribution in [2.45, 2.75) is 13.0 Å². The molecule has 3 aromatic rings. The smallest absolute Gasteiger partial charge is 0.0945 e. The third-order valence-electron chi connectivity index (χ3n) is 4.75. The van der Waals surface area contributed by atoms with E-state index in [0.717, 1.165) is 44.8 Å². The average Bonchev–Trinajstić information content (AvgIpc) is 3.13. The second-order valence-corrected chi connectivity index (χ2v) is 6.67. The predicted octanol–water partition coefficient (Wildman–Crippen LogP) is 1.99. The second-order valence-electron chi connectivity index (χ2n) is 6.67. The number of nitrogens with zero attached hydrogens (tertiary/aromatic N) is 4. The summed E-state index contributed by atoms with van der Waals surface area (Å²) in [6.07, 6.45) is 6.73. The van der Waals surface area contributed by atoms with Gasteiger partial charge in [0.2, 0.25) is 0 Å². The van der Waals surface area contributed by atoms with Crippen molar-refractivity contribution in [1.29, 1.82) is 0 Å². The number of nitrogens with one attached hydrogen (secondary N) is 1. The maximum atomic E-state index is 5.85. The van der Waals surface area contributed by atoms with E-state index >= 15 is 0 Å². The van der Waals surface area contributed by atoms with Gasteiger partial charge in [0, 0.05) is 38.3 Å². The summed E-state index contributed by atoms with van der Waals surface area (Å²) in [6.45, 7) is 4.58. The maximum Gasteiger partial charge on any atom is 0.0945 e. The molecule has 0 radical (unpaired) electrons. The molecule has 6 heteroatoms. The molecular weight excluding hydrogens is 302 g/mol. The lowest BCUT2D eigenvalue weighted by Crippen LogP contribution is -2.31. The first-order chi connectivity index (χ1) is 11.8. The average molecular weight is 325 g/mol. The Bertz CT molecular complexity index is 808. The van der Waals surface area contributed by atoms with E-state index in [0.29, 0.717) is 5.92 Å². The molecule has 1 fully saturated rings. The zero-order valence-corrected chi connectivity index (χ0v) is 14.0. The highest BCUT2D eigenvalue weighted by Gasteiger charge is 2.20. The monoisotopic (exact) mass is 325 g/mol. The maximum absolute atomic E-state index is 5.85. The van der Waals surface area contributed by atoms with Crippen molar-refractivity contribution in [3.8, 4) is 0 Å². The van der Waals surface area contributed by atoms with Crippen LogP contribution in [0.2, 0.25) is 0 Å². The zero-order chi connectivity index (χ0) is 16.4. The van der Waals surface area contributed by atoms with Crippen molar-refractivity contribution in [1.82, 2.24) is 24.6 Å². The Balaban J connectivity index is 1.44. The molecule has 1 atom stereocenters. The van der Waals surface area contributed by atoms with Gasteiger partial charge < -0.3 is 9.30 Å². The van der Waals surface area contributed by atoms with E-state index in [1.807, 2.05) is 25.8 Å². The first-order valence-corrected chi connectivity index (χ1v) is 8.45. The Morgan fingerprint density at radius 1 is 1.33 bits per heavy atom. The fourth-order valence-electron chi connectivity index (χ4n) is 3.44. The largest absolute Gasteiger partial charge is 0.380 e. The summed E-state index contributed by atoms with van der Waals surface area (Å²) in [4.78, 5) is 6.69. The summed E-state index contributed by atoms with van der Waals surface area (Å²) in [5.74, 6) is 0.505. The molecular formula is C18H23N5O. The molecule has 0 spiro atoms. The van der Waals surface area contributed by atoms with Crippen LogP contribution >= 0.6 is 0 Å². The van der Waals surface area contributed by atoms with Crippen LogP contribution in [0.1, 0.15) is 11.3 Å². The van der Waals surface area contributed by atoms with Gasteiger partial charge in [0.15, 0.2) is 0 Å². The SMILES string of the molecule is Cn1cncc1CN1CCOC[C@H](Cc2ccc3[nH]ncc3c2)C1. The number of hydrogen-bond acceptors (Lipinski definition) is 4. The molecule has 6 nitrogen and oxygen atoms in total. The lowest BCUT2D eigenvalue weighted by Gasteiger charge is -2.23. The van der Waals surface area contributed by atoms with Crippen molar-refractivity contribution in [2.24, 2.45) is 13.0 Å². The van der Waals surface area contributed by atoms with Gasteiger partial charge in [0.25, 0.3) is 0 Å². The molecule has 0 bridgehead atoms. The van der Waals surface area contributed by atoms with Crippen LogP contribution in [-0.4, -0.2) is 51.0 Å². The second kappa shape index (κ2) is 6.75. The fraction of sp³-hybridized carbons (Fsp3) is 0.444. The number of hydrogen-bond donors (Lipinski definition) is 1. The van der Waals surface area contributed by atoms with Gasteiger partial charge in [-0.05, 0) is 30.0 Å². The number of ether oxygens (including phenoxy) is 1. The minimum atomic E-state index is 0.505. The normalized spacial score (nSPS) is 19.6. The molecule has 0 aliphatic carbocycles. The molecule has 3 heterocycles. The van der Waals surface area contributed by atoms with Gasteiger partial charge >= 0.3 is 0 Å². The molecule has 1 aliphatic rings. The van der Waals surface area contributed by atoms with E-state index in [4.69, 9.17) is 4.74 Å². The summed E-state index contributed by atoms with van der Waals surface area (Å²) in [5.41, 5.74) is 3.68. The highest BCUT2D eigenvalue weighted by atomic mass is 16.5. The summed E-state index contributed by atoms with van der Waals surface area (Å²) in [6, 6.07) is 6.54. The summed E-state index contributed by atoms with van der Waals surface area (Å²) in [5, 5.41) is 8.28. The fourth-order valence-corrected chi connectivity index (χ4v) is 3.44. The lowest BCUT2D eigenvalue weighted by atomic mass is 9.98. The molecule has 126 valence electrons. The van der Waals surface area contributed by atoms with E-state index < -0.39 is 0 Å². The van der Waals surface area contributed by atoms with Crippen molar-refractivity contribution in [2.75, 3.05) is 26.3 Å². The van der Waals surface area contributed by atoms with E-state index in [1.54, 1.807) is 0 Å². The quantitative estimate of drug-likeness (QED) is 0.797. The van der Waals surface area contributed by atoms with Crippen LogP contribution in [0.5, 0.6) is 0 Å². The third-order valence-corrected chi connectivity index (χ3v) is 4.75. The number of imidazole rings is 1. The molecule has 0 amide bonds. The Kier molecular flexibility index (Phi) is 4.32. The Labute approximate surface area is 141 Å². The van der Waals surface area contributed by atoms with Crippen molar-refractivity contribution in [3.63, 3.8) is 0 Å². The van der Waals surface area contributed by atoms with Crippen LogP contribution in [0, 0.1) is 5.92 Å². The summed E-state index contributed by atoms with van der Waals surface area (Å²) >= 11 is 0. The Morgan fingerprint density at radius 3 is 3.17 bits per heavy atom. The van der Waals surface area contributed by atoms with Crippen molar-refractivity contribution < 1.29 is 4.74 Å². The topological polar surface area (TPSA) is 59.0 Å². The minimum Gasteiger partial charge on any atom is -0.380 e. The number of rotatable bonds is 4. The number of benzene rings is 1. The molecule has 1 N–H and O–H groups in total. The van der Waals surface area contributed by atoms with Crippen LogP contribution in [-0.2, 0) is 24.8 Å². The van der Waals surface area contributed by atoms with Crippen LogP contribution in [0.4, 0.5) is 0 Å². The van der Waals surface area contributed by atoms with Crippen molar-refractivity contribution in [3.05, 3.63) is 48.2 Å². The Hall–Kier alpha value is -2.18. The van der Waals surface area contributed by atoms with Gasteiger partial charge in [-0.3, -0.25) is 10.00 Å². The number of aromatic nitrogens is 4. The number of aryl methyl sites for hydroxylation is 1. The van der Waals surface area contributed by atoms with Crippen LogP contribution in [0.25, 0.3) is 10.9 Å². The van der Waals surface area contributed by atoms with E-state index in [9.17, 15) is 0 Å². The standard InChI is InChI=1S/C18H23N5O/c1-22-13-19-9-17(22)11-23-4-5-24-12-15(10-23)6-14-2-3-18-16(7-14)8-20-21-18/h2-3,7-9,13,15H,4-6,10-12H2,1H3,(H,20,21)/t15-/m1/s1.